The molecule has 18 heavy (non-hydrogen) atoms. The van der Waals surface area contributed by atoms with Crippen LogP contribution >= 0.6 is 0 Å². The predicted molar refractivity (Wildman–Crippen MR) is 73.2 cm³/mol. The van der Waals surface area contributed by atoms with E-state index in [1.807, 2.05) is 7.05 Å². The van der Waals surface area contributed by atoms with Crippen LogP contribution in [0.25, 0.3) is 0 Å². The van der Waals surface area contributed by atoms with Gasteiger partial charge in [-0.1, -0.05) is 13.3 Å². The number of aryl methyl sites for hydroxylation is 2. The van der Waals surface area contributed by atoms with Crippen LogP contribution in [0.4, 0.5) is 11.5 Å². The van der Waals surface area contributed by atoms with Crippen molar-refractivity contribution in [2.45, 2.75) is 39.0 Å². The normalized spacial score (nSPS) is 10.6. The molecule has 0 aliphatic carbocycles. The number of carbonyl (C=O) groups excluding carboxylic acids is 1. The zero-order valence-corrected chi connectivity index (χ0v) is 11.2. The van der Waals surface area contributed by atoms with Gasteiger partial charge in [0.2, 0.25) is 5.91 Å². The van der Waals surface area contributed by atoms with Crippen molar-refractivity contribution < 1.29 is 4.79 Å². The van der Waals surface area contributed by atoms with Crippen LogP contribution in [0.2, 0.25) is 0 Å². The summed E-state index contributed by atoms with van der Waals surface area (Å²) in [4.78, 5) is 10.6. The van der Waals surface area contributed by atoms with Crippen LogP contribution in [0, 0.1) is 0 Å². The molecule has 1 amide bonds. The lowest BCUT2D eigenvalue weighted by molar-refractivity contribution is -0.118. The number of nitrogens with one attached hydrogen (secondary N) is 1. The highest BCUT2D eigenvalue weighted by Gasteiger charge is 2.11. The van der Waals surface area contributed by atoms with Gasteiger partial charge in [0.05, 0.1) is 11.4 Å². The monoisotopic (exact) mass is 253 g/mol. The van der Waals surface area contributed by atoms with Gasteiger partial charge in [0, 0.05) is 20.0 Å². The van der Waals surface area contributed by atoms with Gasteiger partial charge in [-0.3, -0.25) is 9.48 Å². The molecule has 0 aromatic carbocycles. The number of amides is 1. The maximum Gasteiger partial charge on any atom is 0.217 e. The van der Waals surface area contributed by atoms with Gasteiger partial charge in [-0.2, -0.15) is 5.10 Å². The van der Waals surface area contributed by atoms with E-state index in [0.29, 0.717) is 6.42 Å². The predicted octanol–water partition coefficient (Wildman–Crippen LogP) is 1.02. The smallest absolute Gasteiger partial charge is 0.217 e. The van der Waals surface area contributed by atoms with Gasteiger partial charge < -0.3 is 16.8 Å². The SMILES string of the molecule is CCCc1nn(C)c(NCCCCC(N)=O)c1N. The summed E-state index contributed by atoms with van der Waals surface area (Å²) >= 11 is 0. The van der Waals surface area contributed by atoms with E-state index in [9.17, 15) is 4.79 Å². The van der Waals surface area contributed by atoms with Crippen molar-refractivity contribution in [3.8, 4) is 0 Å². The highest BCUT2D eigenvalue weighted by Crippen LogP contribution is 2.22. The molecule has 0 spiro atoms. The molecule has 5 N–H and O–H groups in total. The molecule has 6 heteroatoms. The lowest BCUT2D eigenvalue weighted by Crippen LogP contribution is -2.12. The third-order valence-electron chi connectivity index (χ3n) is 2.79. The Labute approximate surface area is 108 Å². The lowest BCUT2D eigenvalue weighted by atomic mass is 10.2. The average molecular weight is 253 g/mol. The fourth-order valence-corrected chi connectivity index (χ4v) is 1.86. The van der Waals surface area contributed by atoms with Crippen molar-refractivity contribution in [3.05, 3.63) is 5.69 Å². The van der Waals surface area contributed by atoms with E-state index in [4.69, 9.17) is 11.5 Å². The number of hydrogen-bond donors (Lipinski definition) is 3. The molecular formula is C12H23N5O. The van der Waals surface area contributed by atoms with Gasteiger partial charge in [0.25, 0.3) is 0 Å². The van der Waals surface area contributed by atoms with E-state index >= 15 is 0 Å². The lowest BCUT2D eigenvalue weighted by Gasteiger charge is -2.07. The second-order valence-electron chi connectivity index (χ2n) is 4.43. The third-order valence-corrected chi connectivity index (χ3v) is 2.79. The van der Waals surface area contributed by atoms with Crippen LogP contribution in [0.15, 0.2) is 0 Å². The van der Waals surface area contributed by atoms with Gasteiger partial charge >= 0.3 is 0 Å². The molecular weight excluding hydrogens is 230 g/mol. The Morgan fingerprint density at radius 1 is 1.44 bits per heavy atom. The van der Waals surface area contributed by atoms with E-state index < -0.39 is 0 Å². The van der Waals surface area contributed by atoms with E-state index in [-0.39, 0.29) is 5.91 Å². The van der Waals surface area contributed by atoms with Crippen molar-refractivity contribution in [1.82, 2.24) is 9.78 Å². The maximum absolute atomic E-state index is 10.6. The molecule has 102 valence electrons. The highest BCUT2D eigenvalue weighted by molar-refractivity contribution is 5.73. The fourth-order valence-electron chi connectivity index (χ4n) is 1.86. The molecule has 1 aromatic heterocycles. The minimum atomic E-state index is -0.250. The number of unbranched alkanes of at least 4 members (excludes halogenated alkanes) is 1. The molecule has 1 heterocycles. The first-order valence-corrected chi connectivity index (χ1v) is 6.39. The summed E-state index contributed by atoms with van der Waals surface area (Å²) in [6.07, 6.45) is 4.03. The highest BCUT2D eigenvalue weighted by atomic mass is 16.1. The Balaban J connectivity index is 2.44. The van der Waals surface area contributed by atoms with Crippen LogP contribution in [0.3, 0.4) is 0 Å². The largest absolute Gasteiger partial charge is 0.394 e. The molecule has 1 rings (SSSR count). The number of primary amides is 1. The topological polar surface area (TPSA) is 99.0 Å². The zero-order chi connectivity index (χ0) is 13.5. The van der Waals surface area contributed by atoms with E-state index in [1.54, 1.807) is 4.68 Å². The quantitative estimate of drug-likeness (QED) is 0.602. The summed E-state index contributed by atoms with van der Waals surface area (Å²) in [6.45, 7) is 2.87. The van der Waals surface area contributed by atoms with Crippen molar-refractivity contribution in [1.29, 1.82) is 0 Å². The van der Waals surface area contributed by atoms with Crippen LogP contribution in [0.5, 0.6) is 0 Å². The van der Waals surface area contributed by atoms with Crippen molar-refractivity contribution in [2.75, 3.05) is 17.6 Å². The van der Waals surface area contributed by atoms with Crippen LogP contribution in [-0.2, 0) is 18.3 Å². The second-order valence-corrected chi connectivity index (χ2v) is 4.43. The Morgan fingerprint density at radius 2 is 2.17 bits per heavy atom. The molecule has 0 fully saturated rings. The minimum Gasteiger partial charge on any atom is -0.394 e. The molecule has 0 aliphatic rings. The second kappa shape index (κ2) is 6.88. The molecule has 1 aromatic rings. The van der Waals surface area contributed by atoms with Gasteiger partial charge in [-0.15, -0.1) is 0 Å². The van der Waals surface area contributed by atoms with E-state index in [1.165, 1.54) is 0 Å². The Bertz CT molecular complexity index is 399. The summed E-state index contributed by atoms with van der Waals surface area (Å²) in [5, 5.41) is 7.64. The van der Waals surface area contributed by atoms with Gasteiger partial charge in [-0.05, 0) is 19.3 Å². The number of carbonyl (C=O) groups is 1. The molecule has 0 saturated heterocycles. The van der Waals surface area contributed by atoms with Crippen LogP contribution in [-0.4, -0.2) is 22.2 Å². The summed E-state index contributed by atoms with van der Waals surface area (Å²) in [6, 6.07) is 0. The van der Waals surface area contributed by atoms with Gasteiger partial charge in [-0.25, -0.2) is 0 Å². The van der Waals surface area contributed by atoms with E-state index in [2.05, 4.69) is 17.3 Å². The molecule has 0 aliphatic heterocycles. The van der Waals surface area contributed by atoms with Crippen LogP contribution < -0.4 is 16.8 Å². The number of nitrogen functional groups attached to an aromatic ring is 1. The number of hydrogen-bond acceptors (Lipinski definition) is 4. The molecule has 0 saturated carbocycles. The summed E-state index contributed by atoms with van der Waals surface area (Å²) in [5.41, 5.74) is 12.8. The van der Waals surface area contributed by atoms with Gasteiger partial charge in [0.15, 0.2) is 0 Å². The molecule has 6 nitrogen and oxygen atoms in total. The molecule has 0 unspecified atom stereocenters. The van der Waals surface area contributed by atoms with Crippen LogP contribution in [0.1, 0.15) is 38.3 Å². The first kappa shape index (κ1) is 14.3. The zero-order valence-electron chi connectivity index (χ0n) is 11.2. The fraction of sp³-hybridized carbons (Fsp3) is 0.667. The van der Waals surface area contributed by atoms with Gasteiger partial charge in [0.1, 0.15) is 5.82 Å². The van der Waals surface area contributed by atoms with Crippen molar-refractivity contribution in [2.24, 2.45) is 12.8 Å². The first-order chi connectivity index (χ1) is 8.56. The Kier molecular flexibility index (Phi) is 5.48. The number of nitrogens with zero attached hydrogens (tertiary/aromatic N) is 2. The number of nitrogens with two attached hydrogens (primary N) is 2. The Morgan fingerprint density at radius 3 is 2.78 bits per heavy atom. The van der Waals surface area contributed by atoms with Crippen molar-refractivity contribution >= 4 is 17.4 Å². The minimum absolute atomic E-state index is 0.250. The number of anilines is 2. The molecule has 0 atom stereocenters. The number of aromatic nitrogens is 2. The molecule has 0 radical (unpaired) electrons. The molecule has 0 bridgehead atoms. The summed E-state index contributed by atoms with van der Waals surface area (Å²) < 4.78 is 1.77. The maximum atomic E-state index is 10.6. The van der Waals surface area contributed by atoms with E-state index in [0.717, 1.165) is 49.4 Å². The third kappa shape index (κ3) is 3.94. The number of rotatable bonds is 8. The Hall–Kier alpha value is -1.72. The standard InChI is InChI=1S/C12H23N5O/c1-3-6-9-11(14)12(17(2)16-9)15-8-5-4-7-10(13)18/h15H,3-8,14H2,1-2H3,(H2,13,18). The summed E-state index contributed by atoms with van der Waals surface area (Å²) in [7, 11) is 1.88. The summed E-state index contributed by atoms with van der Waals surface area (Å²) in [5.74, 6) is 0.609. The average Bonchev–Trinajstić information content (AvgIpc) is 2.56. The van der Waals surface area contributed by atoms with Crippen molar-refractivity contribution in [3.63, 3.8) is 0 Å². The first-order valence-electron chi connectivity index (χ1n) is 6.39.